The predicted molar refractivity (Wildman–Crippen MR) is 113 cm³/mol. The van der Waals surface area contributed by atoms with Crippen LogP contribution in [0.2, 0.25) is 0 Å². The van der Waals surface area contributed by atoms with Crippen molar-refractivity contribution in [1.82, 2.24) is 13.9 Å². The Balaban J connectivity index is 1.50. The van der Waals surface area contributed by atoms with E-state index >= 15 is 0 Å². The van der Waals surface area contributed by atoms with Crippen LogP contribution in [0, 0.1) is 0 Å². The molecule has 0 aliphatic carbocycles. The van der Waals surface area contributed by atoms with Gasteiger partial charge in [0.1, 0.15) is 0 Å². The van der Waals surface area contributed by atoms with E-state index in [0.717, 1.165) is 18.4 Å². The Morgan fingerprint density at radius 2 is 1.72 bits per heavy atom. The molecule has 0 spiro atoms. The summed E-state index contributed by atoms with van der Waals surface area (Å²) in [6, 6.07) is 14.4. The zero-order valence-corrected chi connectivity index (χ0v) is 17.3. The minimum atomic E-state index is -3.51. The molecule has 0 saturated carbocycles. The van der Waals surface area contributed by atoms with Crippen LogP contribution < -0.4 is 5.56 Å². The number of fused-ring (bicyclic) bond motifs is 1. The van der Waals surface area contributed by atoms with Crippen LogP contribution in [0.1, 0.15) is 37.8 Å². The number of rotatable bonds is 5. The first-order chi connectivity index (χ1) is 14.0. The zero-order valence-electron chi connectivity index (χ0n) is 16.5. The number of hydrogen-bond donors (Lipinski definition) is 0. The molecule has 2 heterocycles. The highest BCUT2D eigenvalue weighted by Crippen LogP contribution is 2.26. The molecule has 152 valence electrons. The van der Waals surface area contributed by atoms with Crippen LogP contribution in [-0.2, 0) is 16.4 Å². The maximum atomic E-state index is 13.0. The van der Waals surface area contributed by atoms with Gasteiger partial charge in [-0.25, -0.2) is 13.4 Å². The summed E-state index contributed by atoms with van der Waals surface area (Å²) >= 11 is 0. The Bertz CT molecular complexity index is 1160. The number of aryl methyl sites for hydroxylation is 1. The third kappa shape index (κ3) is 3.84. The topological polar surface area (TPSA) is 72.3 Å². The number of para-hydroxylation sites is 1. The summed E-state index contributed by atoms with van der Waals surface area (Å²) in [5.41, 5.74) is 1.76. The maximum Gasteiger partial charge on any atom is 0.261 e. The minimum Gasteiger partial charge on any atom is -0.296 e. The number of nitrogens with zero attached hydrogens (tertiary/aromatic N) is 3. The van der Waals surface area contributed by atoms with Crippen molar-refractivity contribution in [3.05, 3.63) is 70.8 Å². The van der Waals surface area contributed by atoms with Gasteiger partial charge in [-0.3, -0.25) is 9.36 Å². The van der Waals surface area contributed by atoms with Crippen molar-refractivity contribution in [3.63, 3.8) is 0 Å². The number of aromatic nitrogens is 2. The fourth-order valence-electron chi connectivity index (χ4n) is 3.97. The van der Waals surface area contributed by atoms with Crippen LogP contribution in [0.5, 0.6) is 0 Å². The molecule has 2 aromatic carbocycles. The molecule has 1 aliphatic rings. The molecule has 3 aromatic rings. The fraction of sp³-hybridized carbons (Fsp3) is 0.364. The number of benzene rings is 2. The van der Waals surface area contributed by atoms with Crippen LogP contribution in [0.25, 0.3) is 10.9 Å². The van der Waals surface area contributed by atoms with Crippen molar-refractivity contribution < 1.29 is 8.42 Å². The van der Waals surface area contributed by atoms with Gasteiger partial charge in [0, 0.05) is 19.1 Å². The quantitative estimate of drug-likeness (QED) is 0.645. The van der Waals surface area contributed by atoms with Crippen molar-refractivity contribution >= 4 is 20.9 Å². The van der Waals surface area contributed by atoms with Gasteiger partial charge in [0.2, 0.25) is 10.0 Å². The molecule has 0 radical (unpaired) electrons. The average molecular weight is 412 g/mol. The van der Waals surface area contributed by atoms with Crippen LogP contribution >= 0.6 is 0 Å². The summed E-state index contributed by atoms with van der Waals surface area (Å²) in [5.74, 6) is 0. The second-order valence-electron chi connectivity index (χ2n) is 7.50. The summed E-state index contributed by atoms with van der Waals surface area (Å²) < 4.78 is 29.2. The van der Waals surface area contributed by atoms with E-state index in [0.29, 0.717) is 41.7 Å². The molecule has 1 aliphatic heterocycles. The van der Waals surface area contributed by atoms with Crippen LogP contribution in [-0.4, -0.2) is 35.4 Å². The third-order valence-electron chi connectivity index (χ3n) is 5.61. The lowest BCUT2D eigenvalue weighted by Crippen LogP contribution is -2.40. The van der Waals surface area contributed by atoms with Crippen molar-refractivity contribution in [2.45, 2.75) is 43.5 Å². The van der Waals surface area contributed by atoms with E-state index < -0.39 is 10.0 Å². The van der Waals surface area contributed by atoms with E-state index in [4.69, 9.17) is 0 Å². The molecule has 29 heavy (non-hydrogen) atoms. The fourth-order valence-corrected chi connectivity index (χ4v) is 5.44. The van der Waals surface area contributed by atoms with Gasteiger partial charge in [-0.2, -0.15) is 4.31 Å². The Labute approximate surface area is 170 Å². The first kappa shape index (κ1) is 19.8. The molecular formula is C22H25N3O3S. The Morgan fingerprint density at radius 1 is 1.03 bits per heavy atom. The van der Waals surface area contributed by atoms with E-state index in [-0.39, 0.29) is 11.6 Å². The Kier molecular flexibility index (Phi) is 5.52. The van der Waals surface area contributed by atoms with Crippen LogP contribution in [0.3, 0.4) is 0 Å². The molecule has 0 unspecified atom stereocenters. The van der Waals surface area contributed by atoms with Crippen molar-refractivity contribution in [3.8, 4) is 0 Å². The first-order valence-electron chi connectivity index (χ1n) is 10.1. The van der Waals surface area contributed by atoms with E-state index in [1.54, 1.807) is 29.1 Å². The second kappa shape index (κ2) is 8.08. The van der Waals surface area contributed by atoms with Crippen molar-refractivity contribution in [1.29, 1.82) is 0 Å². The molecule has 1 saturated heterocycles. The van der Waals surface area contributed by atoms with Gasteiger partial charge in [0.25, 0.3) is 5.56 Å². The maximum absolute atomic E-state index is 13.0. The van der Waals surface area contributed by atoms with Gasteiger partial charge in [-0.1, -0.05) is 37.6 Å². The van der Waals surface area contributed by atoms with E-state index in [1.807, 2.05) is 30.3 Å². The lowest BCUT2D eigenvalue weighted by atomic mass is 10.1. The van der Waals surface area contributed by atoms with Crippen molar-refractivity contribution in [2.75, 3.05) is 13.1 Å². The van der Waals surface area contributed by atoms with Gasteiger partial charge in [0.05, 0.1) is 22.1 Å². The molecule has 6 nitrogen and oxygen atoms in total. The lowest BCUT2D eigenvalue weighted by Gasteiger charge is -2.32. The Hall–Kier alpha value is -2.51. The molecule has 0 N–H and O–H groups in total. The van der Waals surface area contributed by atoms with Gasteiger partial charge < -0.3 is 0 Å². The van der Waals surface area contributed by atoms with Crippen molar-refractivity contribution in [2.24, 2.45) is 0 Å². The highest BCUT2D eigenvalue weighted by molar-refractivity contribution is 7.89. The summed E-state index contributed by atoms with van der Waals surface area (Å²) in [6.07, 6.45) is 4.75. The molecule has 0 amide bonds. The molecule has 1 aromatic heterocycles. The normalized spacial score (nSPS) is 16.3. The van der Waals surface area contributed by atoms with Gasteiger partial charge in [-0.05, 0) is 49.1 Å². The third-order valence-corrected chi connectivity index (χ3v) is 7.52. The first-order valence-corrected chi connectivity index (χ1v) is 11.5. The highest BCUT2D eigenvalue weighted by Gasteiger charge is 2.30. The largest absolute Gasteiger partial charge is 0.296 e. The minimum absolute atomic E-state index is 0.0435. The number of hydrogen-bond acceptors (Lipinski definition) is 4. The van der Waals surface area contributed by atoms with E-state index in [9.17, 15) is 13.2 Å². The lowest BCUT2D eigenvalue weighted by molar-refractivity contribution is 0.269. The monoisotopic (exact) mass is 411 g/mol. The summed E-state index contributed by atoms with van der Waals surface area (Å²) in [7, 11) is -3.51. The van der Waals surface area contributed by atoms with E-state index in [2.05, 4.69) is 11.9 Å². The molecule has 7 heteroatoms. The average Bonchev–Trinajstić information content (AvgIpc) is 2.75. The summed E-state index contributed by atoms with van der Waals surface area (Å²) in [5, 5.41) is 0.595. The smallest absolute Gasteiger partial charge is 0.261 e. The van der Waals surface area contributed by atoms with Gasteiger partial charge in [-0.15, -0.1) is 0 Å². The highest BCUT2D eigenvalue weighted by atomic mass is 32.2. The summed E-state index contributed by atoms with van der Waals surface area (Å²) in [6.45, 7) is 2.89. The number of piperidine rings is 1. The van der Waals surface area contributed by atoms with Crippen LogP contribution in [0.4, 0.5) is 0 Å². The predicted octanol–water partition coefficient (Wildman–Crippen LogP) is 3.37. The molecular weight excluding hydrogens is 386 g/mol. The second-order valence-corrected chi connectivity index (χ2v) is 9.44. The Morgan fingerprint density at radius 3 is 2.41 bits per heavy atom. The molecule has 0 bridgehead atoms. The molecule has 4 rings (SSSR count). The van der Waals surface area contributed by atoms with Gasteiger partial charge in [0.15, 0.2) is 0 Å². The summed E-state index contributed by atoms with van der Waals surface area (Å²) in [4.78, 5) is 17.5. The zero-order chi connectivity index (χ0) is 20.4. The van der Waals surface area contributed by atoms with Gasteiger partial charge >= 0.3 is 0 Å². The standard InChI is InChI=1S/C22H25N3O3S/c1-2-5-17-8-10-19(11-9-17)29(27,28)24-14-12-18(13-15-24)25-16-23-21-7-4-3-6-20(21)22(25)26/h3-4,6-11,16,18H,2,5,12-15H2,1H3. The SMILES string of the molecule is CCCc1ccc(S(=O)(=O)N2CCC(n3cnc4ccccc4c3=O)CC2)cc1. The number of sulfonamides is 1. The molecule has 1 fully saturated rings. The molecule has 0 atom stereocenters. The van der Waals surface area contributed by atoms with E-state index in [1.165, 1.54) is 4.31 Å². The van der Waals surface area contributed by atoms with Crippen LogP contribution in [0.15, 0.2) is 64.5 Å².